The van der Waals surface area contributed by atoms with Crippen LogP contribution in [0.4, 0.5) is 0 Å². The molecule has 0 spiro atoms. The van der Waals surface area contributed by atoms with Crippen LogP contribution in [0, 0.1) is 26.1 Å². The van der Waals surface area contributed by atoms with Crippen molar-refractivity contribution in [1.29, 1.82) is 0 Å². The lowest BCUT2D eigenvalue weighted by molar-refractivity contribution is -0.566. The van der Waals surface area contributed by atoms with Crippen molar-refractivity contribution in [1.82, 2.24) is 0 Å². The Morgan fingerprint density at radius 2 is 1.69 bits per heavy atom. The van der Waals surface area contributed by atoms with E-state index < -0.39 is 57.8 Å². The molecule has 1 aliphatic carbocycles. The highest BCUT2D eigenvalue weighted by atomic mass is 16.6. The van der Waals surface area contributed by atoms with Gasteiger partial charge in [0.2, 0.25) is 11.2 Å². The summed E-state index contributed by atoms with van der Waals surface area (Å²) in [5.41, 5.74) is -5.56. The van der Waals surface area contributed by atoms with E-state index in [1.165, 1.54) is 19.1 Å². The van der Waals surface area contributed by atoms with Crippen LogP contribution >= 0.6 is 0 Å². The smallest absolute Gasteiger partial charge is 0.345 e. The van der Waals surface area contributed by atoms with Crippen LogP contribution in [0.5, 0.6) is 0 Å². The molecule has 2 N–H and O–H groups in total. The third kappa shape index (κ3) is 5.78. The maximum Gasteiger partial charge on any atom is 0.345 e. The zero-order valence-corrected chi connectivity index (χ0v) is 19.2. The molecule has 0 aliphatic heterocycles. The van der Waals surface area contributed by atoms with Gasteiger partial charge in [-0.3, -0.25) is 20.2 Å². The molecule has 0 heterocycles. The molecular formula is C23H26N2O10. The van der Waals surface area contributed by atoms with Gasteiger partial charge in [0.25, 0.3) is 11.7 Å². The lowest BCUT2D eigenvalue weighted by atomic mass is 9.64. The summed E-state index contributed by atoms with van der Waals surface area (Å²) < 4.78 is 9.68. The molecule has 0 bridgehead atoms. The summed E-state index contributed by atoms with van der Waals surface area (Å²) in [6.07, 6.45) is 2.26. The number of hydrogen-bond acceptors (Lipinski definition) is 10. The van der Waals surface area contributed by atoms with Gasteiger partial charge in [-0.1, -0.05) is 48.6 Å². The first-order valence-electron chi connectivity index (χ1n) is 10.5. The lowest BCUT2D eigenvalue weighted by Crippen LogP contribution is -2.71. The molecule has 35 heavy (non-hydrogen) atoms. The minimum Gasteiger partial charge on any atom is -0.467 e. The number of methoxy groups -OCH3 is 1. The van der Waals surface area contributed by atoms with Gasteiger partial charge in [0.15, 0.2) is 0 Å². The third-order valence-electron chi connectivity index (χ3n) is 5.83. The number of benzene rings is 1. The number of carbonyl (C=O) groups excluding carboxylic acids is 2. The van der Waals surface area contributed by atoms with Crippen molar-refractivity contribution in [2.45, 2.75) is 43.6 Å². The van der Waals surface area contributed by atoms with Crippen LogP contribution in [-0.4, -0.2) is 56.4 Å². The van der Waals surface area contributed by atoms with Crippen LogP contribution in [0.2, 0.25) is 0 Å². The Bertz CT molecular complexity index is 1070. The zero-order chi connectivity index (χ0) is 26.4. The van der Waals surface area contributed by atoms with Gasteiger partial charge >= 0.3 is 11.9 Å². The summed E-state index contributed by atoms with van der Waals surface area (Å²) in [5, 5.41) is 45.4. The minimum absolute atomic E-state index is 0.0737. The maximum absolute atomic E-state index is 13.0. The van der Waals surface area contributed by atoms with E-state index >= 15 is 0 Å². The molecule has 4 atom stereocenters. The molecule has 12 nitrogen and oxygen atoms in total. The van der Waals surface area contributed by atoms with Crippen molar-refractivity contribution in [2.24, 2.45) is 5.92 Å². The largest absolute Gasteiger partial charge is 0.467 e. The van der Waals surface area contributed by atoms with Gasteiger partial charge in [-0.2, -0.15) is 0 Å². The van der Waals surface area contributed by atoms with Gasteiger partial charge in [0.05, 0.1) is 12.0 Å². The lowest BCUT2D eigenvalue weighted by Gasteiger charge is -2.44. The van der Waals surface area contributed by atoms with Crippen molar-refractivity contribution < 1.29 is 39.1 Å². The second-order valence-corrected chi connectivity index (χ2v) is 8.07. The first-order chi connectivity index (χ1) is 16.4. The minimum atomic E-state index is -2.95. The first kappa shape index (κ1) is 27.3. The van der Waals surface area contributed by atoms with Crippen LogP contribution in [0.15, 0.2) is 66.4 Å². The molecule has 1 aromatic carbocycles. The number of nitro groups is 2. The average molecular weight is 490 g/mol. The highest BCUT2D eigenvalue weighted by Crippen LogP contribution is 2.45. The molecule has 1 saturated carbocycles. The molecule has 12 heteroatoms. The van der Waals surface area contributed by atoms with Crippen LogP contribution in [-0.2, 0) is 25.7 Å². The van der Waals surface area contributed by atoms with Gasteiger partial charge < -0.3 is 19.7 Å². The fourth-order valence-electron chi connectivity index (χ4n) is 4.06. The van der Waals surface area contributed by atoms with E-state index in [1.54, 1.807) is 30.3 Å². The van der Waals surface area contributed by atoms with E-state index in [-0.39, 0.29) is 17.9 Å². The predicted molar refractivity (Wildman–Crippen MR) is 121 cm³/mol. The number of rotatable bonds is 9. The number of esters is 2. The Hall–Kier alpha value is -3.90. The van der Waals surface area contributed by atoms with Gasteiger partial charge in [-0.25, -0.2) is 9.59 Å². The quantitative estimate of drug-likeness (QED) is 0.224. The SMILES string of the molecule is C=C(/C=C\C(=C/C)[N+](=O)[O-])[C@H]1C[C@@](O)(C(=O)OCc2ccccc2)[C@H]([N+](=O)[O-])[C@@](O)(C(=O)OC)C1. The summed E-state index contributed by atoms with van der Waals surface area (Å²) >= 11 is 0. The third-order valence-corrected chi connectivity index (χ3v) is 5.83. The molecule has 0 aromatic heterocycles. The van der Waals surface area contributed by atoms with E-state index in [0.717, 1.165) is 13.2 Å². The molecule has 1 aromatic rings. The Balaban J connectivity index is 2.47. The summed E-state index contributed by atoms with van der Waals surface area (Å²) in [7, 11) is 0.887. The van der Waals surface area contributed by atoms with E-state index in [4.69, 9.17) is 4.74 Å². The monoisotopic (exact) mass is 490 g/mol. The molecule has 0 unspecified atom stereocenters. The Morgan fingerprint density at radius 1 is 1.11 bits per heavy atom. The Kier molecular flexibility index (Phi) is 8.61. The van der Waals surface area contributed by atoms with Gasteiger partial charge in [-0.05, 0) is 24.5 Å². The highest BCUT2D eigenvalue weighted by molar-refractivity contribution is 5.86. The van der Waals surface area contributed by atoms with E-state index in [2.05, 4.69) is 11.3 Å². The number of ether oxygens (including phenoxy) is 2. The first-order valence-corrected chi connectivity index (χ1v) is 10.5. The second kappa shape index (κ2) is 11.0. The number of aliphatic hydroxyl groups is 2. The maximum atomic E-state index is 13.0. The molecular weight excluding hydrogens is 464 g/mol. The normalized spacial score (nSPS) is 26.7. The highest BCUT2D eigenvalue weighted by Gasteiger charge is 2.71. The number of allylic oxidation sites excluding steroid dienone is 4. The number of nitrogens with zero attached hydrogens (tertiary/aromatic N) is 2. The predicted octanol–water partition coefficient (Wildman–Crippen LogP) is 1.71. The van der Waals surface area contributed by atoms with Crippen molar-refractivity contribution in [3.8, 4) is 0 Å². The number of carbonyl (C=O) groups is 2. The summed E-state index contributed by atoms with van der Waals surface area (Å²) in [6, 6.07) is 5.80. The van der Waals surface area contributed by atoms with Gasteiger partial charge in [0, 0.05) is 23.8 Å². The molecule has 1 aliphatic rings. The molecule has 188 valence electrons. The standard InChI is InChI=1S/C23H26N2O10/c1-4-18(24(30)31)11-10-15(2)17-12-22(28,20(26)34-3)19(25(32)33)23(29,13-17)21(27)35-14-16-8-6-5-7-9-16/h4-11,17,19,28-29H,2,12-14H2,1,3H3/b11-10-,18-4+/t17-,19-,22-,23+/m1/s1. The topological polar surface area (TPSA) is 179 Å². The molecule has 1 fully saturated rings. The van der Waals surface area contributed by atoms with E-state index in [0.29, 0.717) is 5.56 Å². The Morgan fingerprint density at radius 3 is 2.17 bits per heavy atom. The summed E-state index contributed by atoms with van der Waals surface area (Å²) in [5.74, 6) is -3.94. The van der Waals surface area contributed by atoms with Crippen LogP contribution in [0.3, 0.4) is 0 Å². The molecule has 0 amide bonds. The summed E-state index contributed by atoms with van der Waals surface area (Å²) in [4.78, 5) is 46.7. The molecule has 0 saturated heterocycles. The van der Waals surface area contributed by atoms with Gasteiger partial charge in [-0.15, -0.1) is 0 Å². The van der Waals surface area contributed by atoms with E-state index in [1.807, 2.05) is 0 Å². The fourth-order valence-corrected chi connectivity index (χ4v) is 4.06. The van der Waals surface area contributed by atoms with Crippen molar-refractivity contribution >= 4 is 11.9 Å². The molecule has 0 radical (unpaired) electrons. The van der Waals surface area contributed by atoms with Crippen molar-refractivity contribution in [3.63, 3.8) is 0 Å². The van der Waals surface area contributed by atoms with Crippen molar-refractivity contribution in [3.05, 3.63) is 92.2 Å². The van der Waals surface area contributed by atoms with Crippen LogP contribution < -0.4 is 0 Å². The fraction of sp³-hybridized carbons (Fsp3) is 0.391. The summed E-state index contributed by atoms with van der Waals surface area (Å²) in [6.45, 7) is 4.85. The van der Waals surface area contributed by atoms with E-state index in [9.17, 15) is 40.0 Å². The zero-order valence-electron chi connectivity index (χ0n) is 19.2. The van der Waals surface area contributed by atoms with Crippen LogP contribution in [0.1, 0.15) is 25.3 Å². The second-order valence-electron chi connectivity index (χ2n) is 8.07. The number of hydrogen-bond donors (Lipinski definition) is 2. The Labute approximate surface area is 200 Å². The van der Waals surface area contributed by atoms with Gasteiger partial charge in [0.1, 0.15) is 6.61 Å². The molecule has 2 rings (SSSR count). The van der Waals surface area contributed by atoms with Crippen molar-refractivity contribution in [2.75, 3.05) is 7.11 Å². The van der Waals surface area contributed by atoms with Crippen LogP contribution in [0.25, 0.3) is 0 Å². The average Bonchev–Trinajstić information content (AvgIpc) is 2.81.